The number of nitrogens with zero attached hydrogens (tertiary/aromatic N) is 5. The molecule has 0 amide bonds. The monoisotopic (exact) mass is 481 g/mol. The molecule has 9 nitrogen and oxygen atoms in total. The zero-order valence-corrected chi connectivity index (χ0v) is 20.7. The maximum absolute atomic E-state index is 9.90. The van der Waals surface area contributed by atoms with E-state index in [2.05, 4.69) is 44.6 Å². The summed E-state index contributed by atoms with van der Waals surface area (Å²) in [5, 5.41) is 26.2. The fraction of sp³-hybridized carbons (Fsp3) is 0.654. The van der Waals surface area contributed by atoms with Gasteiger partial charge in [0, 0.05) is 63.8 Å². The number of aliphatic hydroxyl groups is 2. The minimum atomic E-state index is -0.192. The molecule has 2 aromatic rings. The molecule has 5 rings (SSSR count). The molecule has 9 heteroatoms. The molecule has 0 radical (unpaired) electrons. The summed E-state index contributed by atoms with van der Waals surface area (Å²) in [6.45, 7) is 5.54. The number of likely N-dealkylation sites (N-methyl/N-ethyl adjacent to an activating group) is 1. The van der Waals surface area contributed by atoms with Gasteiger partial charge in [0.1, 0.15) is 5.82 Å². The van der Waals surface area contributed by atoms with Crippen LogP contribution in [0, 0.1) is 5.92 Å². The first-order valence-corrected chi connectivity index (χ1v) is 13.1. The molecule has 1 aliphatic heterocycles. The third-order valence-electron chi connectivity index (χ3n) is 7.67. The highest BCUT2D eigenvalue weighted by Gasteiger charge is 2.37. The largest absolute Gasteiger partial charge is 0.396 e. The number of aromatic nitrogens is 3. The molecule has 35 heavy (non-hydrogen) atoms. The van der Waals surface area contributed by atoms with Crippen LogP contribution in [0.1, 0.15) is 44.1 Å². The van der Waals surface area contributed by atoms with E-state index >= 15 is 0 Å². The summed E-state index contributed by atoms with van der Waals surface area (Å²) in [6.07, 6.45) is 8.98. The number of nitrogens with one attached hydrogen (secondary N) is 2. The first-order chi connectivity index (χ1) is 17.1. The Hall–Kier alpha value is -2.33. The van der Waals surface area contributed by atoms with Gasteiger partial charge in [-0.2, -0.15) is 4.98 Å². The molecule has 0 aromatic carbocycles. The highest BCUT2D eigenvalue weighted by atomic mass is 16.3. The van der Waals surface area contributed by atoms with Gasteiger partial charge in [0.2, 0.25) is 5.95 Å². The highest BCUT2D eigenvalue weighted by Crippen LogP contribution is 2.36. The van der Waals surface area contributed by atoms with Crippen LogP contribution in [0.2, 0.25) is 0 Å². The smallest absolute Gasteiger partial charge is 0.224 e. The first kappa shape index (κ1) is 24.4. The molecule has 3 heterocycles. The zero-order chi connectivity index (χ0) is 24.2. The standard InChI is InChI=1S/C26H39N7O2/c1-32-9-11-33(12-10-32)17-18-2-7-23(27-15-18)22-16-28-26(30-24-14-19(24)8-13-34)31-25(22)29-20-3-5-21(35)6-4-20/h2,7,15-16,19-21,24,34-35H,3-6,8-14,17H2,1H3,(H2,28,29,30,31)/t19?,20-,21-,24?. The quantitative estimate of drug-likeness (QED) is 0.428. The van der Waals surface area contributed by atoms with Crippen molar-refractivity contribution in [3.8, 4) is 11.3 Å². The maximum atomic E-state index is 9.90. The molecule has 190 valence electrons. The van der Waals surface area contributed by atoms with E-state index in [4.69, 9.17) is 9.97 Å². The molecule has 3 fully saturated rings. The van der Waals surface area contributed by atoms with Crippen LogP contribution >= 0.6 is 0 Å². The van der Waals surface area contributed by atoms with Crippen LogP contribution in [-0.2, 0) is 6.54 Å². The van der Waals surface area contributed by atoms with Gasteiger partial charge in [0.05, 0.1) is 17.4 Å². The summed E-state index contributed by atoms with van der Waals surface area (Å²) in [5.41, 5.74) is 2.98. The maximum Gasteiger partial charge on any atom is 0.224 e. The molecule has 0 bridgehead atoms. The second-order valence-corrected chi connectivity index (χ2v) is 10.5. The molecular weight excluding hydrogens is 442 g/mol. The molecule has 3 aliphatic rings. The molecule has 0 spiro atoms. The van der Waals surface area contributed by atoms with Gasteiger partial charge in [-0.3, -0.25) is 9.88 Å². The zero-order valence-electron chi connectivity index (χ0n) is 20.7. The van der Waals surface area contributed by atoms with Gasteiger partial charge >= 0.3 is 0 Å². The number of rotatable bonds is 9. The number of aliphatic hydroxyl groups excluding tert-OH is 2. The van der Waals surface area contributed by atoms with E-state index in [-0.39, 0.29) is 18.8 Å². The highest BCUT2D eigenvalue weighted by molar-refractivity contribution is 5.73. The van der Waals surface area contributed by atoms with E-state index in [0.717, 1.165) is 88.3 Å². The van der Waals surface area contributed by atoms with E-state index in [9.17, 15) is 10.2 Å². The molecular formula is C26H39N7O2. The topological polar surface area (TPSA) is 110 Å². The van der Waals surface area contributed by atoms with Crippen LogP contribution in [-0.4, -0.2) is 93.0 Å². The second kappa shape index (κ2) is 11.2. The van der Waals surface area contributed by atoms with E-state index in [1.807, 2.05) is 12.4 Å². The van der Waals surface area contributed by atoms with E-state index < -0.39 is 0 Å². The van der Waals surface area contributed by atoms with Crippen molar-refractivity contribution in [1.82, 2.24) is 24.8 Å². The van der Waals surface area contributed by atoms with Crippen molar-refractivity contribution >= 4 is 11.8 Å². The Morgan fingerprint density at radius 1 is 1.00 bits per heavy atom. The van der Waals surface area contributed by atoms with Crippen molar-refractivity contribution in [2.24, 2.45) is 5.92 Å². The predicted octanol–water partition coefficient (Wildman–Crippen LogP) is 2.18. The van der Waals surface area contributed by atoms with Crippen LogP contribution in [0.15, 0.2) is 24.5 Å². The lowest BCUT2D eigenvalue weighted by Gasteiger charge is -2.32. The third kappa shape index (κ3) is 6.46. The fourth-order valence-corrected chi connectivity index (χ4v) is 5.18. The van der Waals surface area contributed by atoms with Crippen LogP contribution < -0.4 is 10.6 Å². The fourth-order valence-electron chi connectivity index (χ4n) is 5.18. The van der Waals surface area contributed by atoms with E-state index in [1.54, 1.807) is 0 Å². The van der Waals surface area contributed by atoms with Crippen LogP contribution in [0.4, 0.5) is 11.8 Å². The molecule has 2 aliphatic carbocycles. The summed E-state index contributed by atoms with van der Waals surface area (Å²) in [4.78, 5) is 19.1. The van der Waals surface area contributed by atoms with Crippen molar-refractivity contribution in [3.63, 3.8) is 0 Å². The van der Waals surface area contributed by atoms with Crippen molar-refractivity contribution in [2.45, 2.75) is 63.3 Å². The van der Waals surface area contributed by atoms with Gasteiger partial charge in [-0.1, -0.05) is 6.07 Å². The Bertz CT molecular complexity index is 957. The summed E-state index contributed by atoms with van der Waals surface area (Å²) in [7, 11) is 2.18. The summed E-state index contributed by atoms with van der Waals surface area (Å²) >= 11 is 0. The number of hydrogen-bond acceptors (Lipinski definition) is 9. The molecule has 2 unspecified atom stereocenters. The SMILES string of the molecule is CN1CCN(Cc2ccc(-c3cnc(NC4CC4CCO)nc3N[C@H]3CC[C@H](O)CC3)nc2)CC1. The normalized spacial score (nSPS) is 27.5. The average Bonchev–Trinajstić information content (AvgIpc) is 3.60. The van der Waals surface area contributed by atoms with Gasteiger partial charge < -0.3 is 25.7 Å². The Labute approximate surface area is 208 Å². The number of piperazine rings is 1. The van der Waals surface area contributed by atoms with Crippen molar-refractivity contribution < 1.29 is 10.2 Å². The van der Waals surface area contributed by atoms with Gasteiger partial charge in [-0.05, 0) is 63.1 Å². The first-order valence-electron chi connectivity index (χ1n) is 13.1. The summed E-state index contributed by atoms with van der Waals surface area (Å²) in [6, 6.07) is 4.85. The Kier molecular flexibility index (Phi) is 7.77. The summed E-state index contributed by atoms with van der Waals surface area (Å²) in [5.74, 6) is 1.90. The number of hydrogen-bond donors (Lipinski definition) is 4. The minimum Gasteiger partial charge on any atom is -0.396 e. The lowest BCUT2D eigenvalue weighted by Crippen LogP contribution is -2.43. The van der Waals surface area contributed by atoms with Gasteiger partial charge in [-0.15, -0.1) is 0 Å². The van der Waals surface area contributed by atoms with Gasteiger partial charge in [-0.25, -0.2) is 4.98 Å². The van der Waals surface area contributed by atoms with E-state index in [1.165, 1.54) is 5.56 Å². The van der Waals surface area contributed by atoms with Crippen molar-refractivity contribution in [2.75, 3.05) is 50.5 Å². The van der Waals surface area contributed by atoms with Crippen LogP contribution in [0.25, 0.3) is 11.3 Å². The number of anilines is 2. The second-order valence-electron chi connectivity index (χ2n) is 10.5. The van der Waals surface area contributed by atoms with Crippen molar-refractivity contribution in [3.05, 3.63) is 30.1 Å². The molecule has 2 atom stereocenters. The predicted molar refractivity (Wildman–Crippen MR) is 137 cm³/mol. The Morgan fingerprint density at radius 3 is 2.51 bits per heavy atom. The molecule has 2 aromatic heterocycles. The summed E-state index contributed by atoms with van der Waals surface area (Å²) < 4.78 is 0. The lowest BCUT2D eigenvalue weighted by atomic mass is 9.93. The average molecular weight is 482 g/mol. The minimum absolute atomic E-state index is 0.192. The molecule has 2 saturated carbocycles. The Morgan fingerprint density at radius 2 is 1.80 bits per heavy atom. The van der Waals surface area contributed by atoms with E-state index in [0.29, 0.717) is 17.9 Å². The molecule has 1 saturated heterocycles. The molecule has 4 N–H and O–H groups in total. The number of pyridine rings is 1. The van der Waals surface area contributed by atoms with Crippen LogP contribution in [0.3, 0.4) is 0 Å². The lowest BCUT2D eigenvalue weighted by molar-refractivity contribution is 0.126. The third-order valence-corrected chi connectivity index (χ3v) is 7.67. The van der Waals surface area contributed by atoms with Gasteiger partial charge in [0.15, 0.2) is 0 Å². The Balaban J connectivity index is 1.30. The van der Waals surface area contributed by atoms with Crippen LogP contribution in [0.5, 0.6) is 0 Å². The van der Waals surface area contributed by atoms with Crippen molar-refractivity contribution in [1.29, 1.82) is 0 Å². The van der Waals surface area contributed by atoms with Gasteiger partial charge in [0.25, 0.3) is 0 Å².